The third-order valence-electron chi connectivity index (χ3n) is 10.2. The Balaban J connectivity index is 1.27. The number of hydrogen-bond donors (Lipinski definition) is 0. The molecule has 2 nitrogen and oxygen atoms in total. The summed E-state index contributed by atoms with van der Waals surface area (Å²) in [6, 6.07) is 71.7. The van der Waals surface area contributed by atoms with Gasteiger partial charge in [0, 0.05) is 22.0 Å². The SMILES string of the molecule is c1ccc(-c2ccc(N(c3cccc(-c4cccc5ccccc45)c3)c3cccc4oc5c6ccccc6ccc5c34)c(-c3ccccc3)c2)cc1. The highest BCUT2D eigenvalue weighted by molar-refractivity contribution is 6.20. The average molecular weight is 664 g/mol. The minimum Gasteiger partial charge on any atom is -0.455 e. The Morgan fingerprint density at radius 1 is 0.346 bits per heavy atom. The molecule has 0 spiro atoms. The predicted octanol–water partition coefficient (Wildman–Crippen LogP) is 14.4. The molecule has 0 unspecified atom stereocenters. The van der Waals surface area contributed by atoms with E-state index < -0.39 is 0 Å². The van der Waals surface area contributed by atoms with E-state index in [1.807, 2.05) is 0 Å². The molecule has 0 aliphatic carbocycles. The van der Waals surface area contributed by atoms with Gasteiger partial charge in [0.2, 0.25) is 0 Å². The molecule has 0 N–H and O–H groups in total. The predicted molar refractivity (Wildman–Crippen MR) is 220 cm³/mol. The van der Waals surface area contributed by atoms with E-state index >= 15 is 0 Å². The highest BCUT2D eigenvalue weighted by atomic mass is 16.3. The Morgan fingerprint density at radius 2 is 1.00 bits per heavy atom. The van der Waals surface area contributed by atoms with E-state index in [0.717, 1.165) is 66.5 Å². The van der Waals surface area contributed by atoms with Gasteiger partial charge in [-0.2, -0.15) is 0 Å². The lowest BCUT2D eigenvalue weighted by molar-refractivity contribution is 0.672. The molecule has 10 aromatic rings. The second-order valence-electron chi connectivity index (χ2n) is 13.3. The Morgan fingerprint density at radius 3 is 1.83 bits per heavy atom. The summed E-state index contributed by atoms with van der Waals surface area (Å²) in [7, 11) is 0. The molecule has 1 aromatic heterocycles. The fourth-order valence-corrected chi connectivity index (χ4v) is 7.81. The largest absolute Gasteiger partial charge is 0.455 e. The summed E-state index contributed by atoms with van der Waals surface area (Å²) in [5.74, 6) is 0. The first-order valence-corrected chi connectivity index (χ1v) is 17.8. The molecule has 0 aliphatic rings. The molecule has 1 heterocycles. The summed E-state index contributed by atoms with van der Waals surface area (Å²) in [5, 5.41) is 6.93. The van der Waals surface area contributed by atoms with Crippen molar-refractivity contribution in [1.29, 1.82) is 0 Å². The molecular formula is C50H33NO. The molecule has 2 heteroatoms. The van der Waals surface area contributed by atoms with Crippen molar-refractivity contribution in [2.75, 3.05) is 4.90 Å². The van der Waals surface area contributed by atoms with Crippen molar-refractivity contribution in [3.05, 3.63) is 200 Å². The third-order valence-corrected chi connectivity index (χ3v) is 10.2. The second-order valence-corrected chi connectivity index (χ2v) is 13.3. The maximum absolute atomic E-state index is 6.73. The van der Waals surface area contributed by atoms with Gasteiger partial charge in [0.1, 0.15) is 11.2 Å². The van der Waals surface area contributed by atoms with E-state index in [9.17, 15) is 0 Å². The summed E-state index contributed by atoms with van der Waals surface area (Å²) < 4.78 is 6.73. The normalized spacial score (nSPS) is 11.5. The number of furan rings is 1. The summed E-state index contributed by atoms with van der Waals surface area (Å²) in [6.45, 7) is 0. The first kappa shape index (κ1) is 30.0. The first-order chi connectivity index (χ1) is 25.8. The monoisotopic (exact) mass is 663 g/mol. The number of rotatable bonds is 6. The highest BCUT2D eigenvalue weighted by Crippen LogP contribution is 2.48. The summed E-state index contributed by atoms with van der Waals surface area (Å²) >= 11 is 0. The minimum absolute atomic E-state index is 0.862. The number of nitrogens with zero attached hydrogens (tertiary/aromatic N) is 1. The van der Waals surface area contributed by atoms with Crippen LogP contribution in [-0.4, -0.2) is 0 Å². The second kappa shape index (κ2) is 12.5. The fourth-order valence-electron chi connectivity index (χ4n) is 7.81. The van der Waals surface area contributed by atoms with E-state index in [-0.39, 0.29) is 0 Å². The zero-order valence-electron chi connectivity index (χ0n) is 28.4. The standard InChI is InChI=1S/C50H33NO/c1-3-14-34(15-4-1)38-29-31-46(45(33-38)36-16-5-2-6-17-36)51(40-22-11-21-39(32-40)42-25-12-20-35-18-7-9-23-41(35)42)47-26-13-27-48-49(47)44-30-28-37-19-8-10-24-43(37)50(44)52-48/h1-33H. The van der Waals surface area contributed by atoms with E-state index in [0.29, 0.717) is 0 Å². The lowest BCUT2D eigenvalue weighted by atomic mass is 9.95. The van der Waals surface area contributed by atoms with E-state index in [4.69, 9.17) is 4.42 Å². The quantitative estimate of drug-likeness (QED) is 0.176. The zero-order valence-corrected chi connectivity index (χ0v) is 28.4. The van der Waals surface area contributed by atoms with Crippen molar-refractivity contribution < 1.29 is 4.42 Å². The van der Waals surface area contributed by atoms with Crippen LogP contribution in [0.1, 0.15) is 0 Å². The van der Waals surface area contributed by atoms with Crippen LogP contribution in [0, 0.1) is 0 Å². The van der Waals surface area contributed by atoms with Gasteiger partial charge in [-0.15, -0.1) is 0 Å². The number of anilines is 3. The maximum Gasteiger partial charge on any atom is 0.143 e. The zero-order chi connectivity index (χ0) is 34.4. The molecule has 0 fully saturated rings. The Bertz CT molecular complexity index is 2900. The topological polar surface area (TPSA) is 16.4 Å². The molecular weight excluding hydrogens is 631 g/mol. The van der Waals surface area contributed by atoms with Gasteiger partial charge in [0.25, 0.3) is 0 Å². The summed E-state index contributed by atoms with van der Waals surface area (Å²) in [4.78, 5) is 2.43. The van der Waals surface area contributed by atoms with Gasteiger partial charge < -0.3 is 9.32 Å². The summed E-state index contributed by atoms with van der Waals surface area (Å²) in [5.41, 5.74) is 12.0. The Labute approximate surface area is 302 Å². The minimum atomic E-state index is 0.862. The van der Waals surface area contributed by atoms with Crippen molar-refractivity contribution in [2.24, 2.45) is 0 Å². The van der Waals surface area contributed by atoms with Gasteiger partial charge in [0.15, 0.2) is 0 Å². The van der Waals surface area contributed by atoms with Crippen molar-refractivity contribution in [1.82, 2.24) is 0 Å². The summed E-state index contributed by atoms with van der Waals surface area (Å²) in [6.07, 6.45) is 0. The molecule has 0 bridgehead atoms. The molecule has 9 aromatic carbocycles. The van der Waals surface area contributed by atoms with Crippen molar-refractivity contribution in [2.45, 2.75) is 0 Å². The van der Waals surface area contributed by atoms with Crippen molar-refractivity contribution in [3.8, 4) is 33.4 Å². The molecule has 0 aliphatic heterocycles. The molecule has 10 rings (SSSR count). The van der Waals surface area contributed by atoms with Crippen molar-refractivity contribution >= 4 is 60.5 Å². The van der Waals surface area contributed by atoms with Crippen LogP contribution in [0.25, 0.3) is 76.9 Å². The smallest absolute Gasteiger partial charge is 0.143 e. The van der Waals surface area contributed by atoms with Crippen LogP contribution in [-0.2, 0) is 0 Å². The van der Waals surface area contributed by atoms with Crippen LogP contribution in [0.15, 0.2) is 205 Å². The number of benzene rings is 9. The van der Waals surface area contributed by atoms with E-state index in [2.05, 4.69) is 205 Å². The fraction of sp³-hybridized carbons (Fsp3) is 0. The third kappa shape index (κ3) is 5.04. The van der Waals surface area contributed by atoms with E-state index in [1.54, 1.807) is 0 Å². The van der Waals surface area contributed by atoms with Crippen LogP contribution in [0.3, 0.4) is 0 Å². The highest BCUT2D eigenvalue weighted by Gasteiger charge is 2.23. The van der Waals surface area contributed by atoms with Gasteiger partial charge in [0.05, 0.1) is 16.8 Å². The van der Waals surface area contributed by atoms with Crippen LogP contribution in [0.2, 0.25) is 0 Å². The number of hydrogen-bond acceptors (Lipinski definition) is 2. The van der Waals surface area contributed by atoms with Crippen molar-refractivity contribution in [3.63, 3.8) is 0 Å². The van der Waals surface area contributed by atoms with Gasteiger partial charge in [-0.05, 0) is 86.4 Å². The van der Waals surface area contributed by atoms with Crippen LogP contribution in [0.4, 0.5) is 17.1 Å². The van der Waals surface area contributed by atoms with E-state index in [1.165, 1.54) is 27.5 Å². The number of fused-ring (bicyclic) bond motifs is 6. The lowest BCUT2D eigenvalue weighted by Crippen LogP contribution is -2.12. The van der Waals surface area contributed by atoms with Gasteiger partial charge in [-0.3, -0.25) is 0 Å². The molecule has 0 atom stereocenters. The molecule has 244 valence electrons. The van der Waals surface area contributed by atoms with Crippen LogP contribution < -0.4 is 4.90 Å². The van der Waals surface area contributed by atoms with Gasteiger partial charge >= 0.3 is 0 Å². The Hall–Kier alpha value is -6.90. The first-order valence-electron chi connectivity index (χ1n) is 17.8. The molecule has 0 amide bonds. The van der Waals surface area contributed by atoms with Gasteiger partial charge in [-0.25, -0.2) is 0 Å². The van der Waals surface area contributed by atoms with Crippen LogP contribution in [0.5, 0.6) is 0 Å². The van der Waals surface area contributed by atoms with Gasteiger partial charge in [-0.1, -0.05) is 158 Å². The average Bonchev–Trinajstić information content (AvgIpc) is 3.62. The Kier molecular flexibility index (Phi) is 7.18. The molecule has 0 saturated heterocycles. The molecule has 52 heavy (non-hydrogen) atoms. The molecule has 0 saturated carbocycles. The maximum atomic E-state index is 6.73. The lowest BCUT2D eigenvalue weighted by Gasteiger charge is -2.29. The molecule has 0 radical (unpaired) electrons. The van der Waals surface area contributed by atoms with Crippen LogP contribution >= 0.6 is 0 Å².